The molecule has 1 N–H and O–H groups in total. The van der Waals surface area contributed by atoms with Gasteiger partial charge in [0.15, 0.2) is 0 Å². The van der Waals surface area contributed by atoms with Gasteiger partial charge in [0.1, 0.15) is 5.82 Å². The molecule has 1 aromatic carbocycles. The molecule has 0 atom stereocenters. The third-order valence-electron chi connectivity index (χ3n) is 3.53. The molecule has 0 aliphatic rings. The zero-order chi connectivity index (χ0) is 15.6. The van der Waals surface area contributed by atoms with Crippen LogP contribution in [0.1, 0.15) is 36.4 Å². The Labute approximate surface area is 133 Å². The Morgan fingerprint density at radius 1 is 1.33 bits per heavy atom. The van der Waals surface area contributed by atoms with Crippen molar-refractivity contribution in [1.82, 2.24) is 15.1 Å². The van der Waals surface area contributed by atoms with E-state index in [1.54, 1.807) is 12.1 Å². The maximum Gasteiger partial charge on any atom is 0.137 e. The largest absolute Gasteiger partial charge is 0.310 e. The highest BCUT2D eigenvalue weighted by molar-refractivity contribution is 9.10. The first kappa shape index (κ1) is 16.2. The van der Waals surface area contributed by atoms with Gasteiger partial charge in [-0.2, -0.15) is 5.10 Å². The van der Waals surface area contributed by atoms with E-state index in [1.165, 1.54) is 11.6 Å². The maximum absolute atomic E-state index is 13.3. The average Bonchev–Trinajstić information content (AvgIpc) is 2.67. The zero-order valence-corrected chi connectivity index (χ0v) is 14.5. The van der Waals surface area contributed by atoms with E-state index in [9.17, 15) is 4.39 Å². The van der Waals surface area contributed by atoms with Crippen LogP contribution in [0, 0.1) is 19.7 Å². The Balaban J connectivity index is 2.20. The Hall–Kier alpha value is -1.20. The lowest BCUT2D eigenvalue weighted by atomic mass is 10.2. The monoisotopic (exact) mass is 353 g/mol. The fourth-order valence-corrected chi connectivity index (χ4v) is 2.69. The Bertz CT molecular complexity index is 635. The van der Waals surface area contributed by atoms with Gasteiger partial charge in [0, 0.05) is 23.8 Å². The number of nitrogens with zero attached hydrogens (tertiary/aromatic N) is 2. The highest BCUT2D eigenvalue weighted by Gasteiger charge is 2.12. The summed E-state index contributed by atoms with van der Waals surface area (Å²) in [6, 6.07) is 5.52. The minimum atomic E-state index is -0.242. The molecular weight excluding hydrogens is 333 g/mol. The molecule has 0 amide bonds. The smallest absolute Gasteiger partial charge is 0.137 e. The van der Waals surface area contributed by atoms with Gasteiger partial charge in [-0.25, -0.2) is 4.39 Å². The van der Waals surface area contributed by atoms with E-state index in [4.69, 9.17) is 0 Å². The predicted octanol–water partition coefficient (Wildman–Crippen LogP) is 3.95. The lowest BCUT2D eigenvalue weighted by molar-refractivity contribution is 0.584. The third-order valence-corrected chi connectivity index (χ3v) is 4.14. The summed E-state index contributed by atoms with van der Waals surface area (Å²) in [6.45, 7) is 9.84. The predicted molar refractivity (Wildman–Crippen MR) is 86.9 cm³/mol. The number of aromatic nitrogens is 2. The van der Waals surface area contributed by atoms with Crippen LogP contribution in [-0.2, 0) is 13.1 Å². The summed E-state index contributed by atoms with van der Waals surface area (Å²) in [4.78, 5) is 0. The molecule has 0 spiro atoms. The molecule has 1 aromatic heterocycles. The molecule has 3 nitrogen and oxygen atoms in total. The van der Waals surface area contributed by atoms with E-state index in [-0.39, 0.29) is 5.82 Å². The van der Waals surface area contributed by atoms with E-state index in [2.05, 4.69) is 47.1 Å². The van der Waals surface area contributed by atoms with Gasteiger partial charge in [0.25, 0.3) is 0 Å². The Morgan fingerprint density at radius 2 is 2.05 bits per heavy atom. The first-order chi connectivity index (χ1) is 9.88. The summed E-state index contributed by atoms with van der Waals surface area (Å²) >= 11 is 3.22. The number of hydrogen-bond acceptors (Lipinski definition) is 2. The molecule has 0 fully saturated rings. The summed E-state index contributed by atoms with van der Waals surface area (Å²) in [5.41, 5.74) is 4.46. The van der Waals surface area contributed by atoms with Gasteiger partial charge in [-0.1, -0.05) is 19.9 Å². The van der Waals surface area contributed by atoms with Gasteiger partial charge >= 0.3 is 0 Å². The normalized spacial score (nSPS) is 11.4. The van der Waals surface area contributed by atoms with Gasteiger partial charge < -0.3 is 5.32 Å². The minimum Gasteiger partial charge on any atom is -0.310 e. The van der Waals surface area contributed by atoms with Crippen LogP contribution in [0.3, 0.4) is 0 Å². The van der Waals surface area contributed by atoms with Crippen molar-refractivity contribution in [2.75, 3.05) is 0 Å². The van der Waals surface area contributed by atoms with E-state index in [0.717, 1.165) is 23.5 Å². The second-order valence-corrected chi connectivity index (χ2v) is 6.45. The second-order valence-electron chi connectivity index (χ2n) is 5.59. The molecule has 0 radical (unpaired) electrons. The van der Waals surface area contributed by atoms with Crippen LogP contribution in [-0.4, -0.2) is 15.8 Å². The van der Waals surface area contributed by atoms with Crippen molar-refractivity contribution in [3.8, 4) is 0 Å². The minimum absolute atomic E-state index is 0.242. The van der Waals surface area contributed by atoms with E-state index < -0.39 is 0 Å². The highest BCUT2D eigenvalue weighted by atomic mass is 79.9. The van der Waals surface area contributed by atoms with Crippen LogP contribution >= 0.6 is 15.9 Å². The van der Waals surface area contributed by atoms with Crippen LogP contribution in [0.2, 0.25) is 0 Å². The third kappa shape index (κ3) is 3.92. The standard InChI is InChI=1S/C16H21BrFN3/c1-10(2)19-8-14-11(3)20-21(12(14)4)9-13-5-6-16(18)15(17)7-13/h5-7,10,19H,8-9H2,1-4H3. The van der Waals surface area contributed by atoms with Gasteiger partial charge in [0.2, 0.25) is 0 Å². The molecular formula is C16H21BrFN3. The lowest BCUT2D eigenvalue weighted by Crippen LogP contribution is -2.22. The van der Waals surface area contributed by atoms with Crippen molar-refractivity contribution in [3.05, 3.63) is 51.0 Å². The molecule has 0 bridgehead atoms. The molecule has 5 heteroatoms. The first-order valence-corrected chi connectivity index (χ1v) is 7.88. The molecule has 114 valence electrons. The quantitative estimate of drug-likeness (QED) is 0.881. The van der Waals surface area contributed by atoms with Crippen molar-refractivity contribution in [1.29, 1.82) is 0 Å². The van der Waals surface area contributed by atoms with Crippen molar-refractivity contribution >= 4 is 15.9 Å². The molecule has 0 saturated carbocycles. The highest BCUT2D eigenvalue weighted by Crippen LogP contribution is 2.19. The summed E-state index contributed by atoms with van der Waals surface area (Å²) in [6.07, 6.45) is 0. The van der Waals surface area contributed by atoms with E-state index in [1.807, 2.05) is 11.6 Å². The van der Waals surface area contributed by atoms with Gasteiger partial charge in [-0.05, 0) is 47.5 Å². The van der Waals surface area contributed by atoms with Crippen molar-refractivity contribution in [2.24, 2.45) is 0 Å². The molecule has 1 heterocycles. The van der Waals surface area contributed by atoms with E-state index in [0.29, 0.717) is 17.1 Å². The molecule has 2 rings (SSSR count). The molecule has 0 saturated heterocycles. The van der Waals surface area contributed by atoms with Crippen LogP contribution in [0.4, 0.5) is 4.39 Å². The average molecular weight is 354 g/mol. The molecule has 0 aliphatic heterocycles. The van der Waals surface area contributed by atoms with Gasteiger partial charge in [0.05, 0.1) is 16.7 Å². The van der Waals surface area contributed by atoms with Crippen LogP contribution < -0.4 is 5.32 Å². The van der Waals surface area contributed by atoms with Crippen LogP contribution in [0.5, 0.6) is 0 Å². The molecule has 0 aliphatic carbocycles. The molecule has 21 heavy (non-hydrogen) atoms. The number of rotatable bonds is 5. The topological polar surface area (TPSA) is 29.9 Å². The van der Waals surface area contributed by atoms with Gasteiger partial charge in [-0.3, -0.25) is 4.68 Å². The van der Waals surface area contributed by atoms with Crippen LogP contribution in [0.15, 0.2) is 22.7 Å². The number of halogens is 2. The lowest BCUT2D eigenvalue weighted by Gasteiger charge is -2.09. The number of benzene rings is 1. The number of aryl methyl sites for hydroxylation is 1. The van der Waals surface area contributed by atoms with Crippen molar-refractivity contribution in [2.45, 2.75) is 46.8 Å². The van der Waals surface area contributed by atoms with E-state index >= 15 is 0 Å². The van der Waals surface area contributed by atoms with Crippen molar-refractivity contribution < 1.29 is 4.39 Å². The fraction of sp³-hybridized carbons (Fsp3) is 0.438. The summed E-state index contributed by atoms with van der Waals surface area (Å²) in [7, 11) is 0. The zero-order valence-electron chi connectivity index (χ0n) is 12.9. The molecule has 2 aromatic rings. The number of nitrogens with one attached hydrogen (secondary N) is 1. The SMILES string of the molecule is Cc1nn(Cc2ccc(F)c(Br)c2)c(C)c1CNC(C)C. The van der Waals surface area contributed by atoms with Crippen LogP contribution in [0.25, 0.3) is 0 Å². The Kier molecular flexibility index (Phi) is 5.17. The fourth-order valence-electron chi connectivity index (χ4n) is 2.26. The summed E-state index contributed by atoms with van der Waals surface area (Å²) < 4.78 is 15.8. The summed E-state index contributed by atoms with van der Waals surface area (Å²) in [5.74, 6) is -0.242. The maximum atomic E-state index is 13.3. The Morgan fingerprint density at radius 3 is 2.67 bits per heavy atom. The first-order valence-electron chi connectivity index (χ1n) is 7.08. The second kappa shape index (κ2) is 6.71. The van der Waals surface area contributed by atoms with Gasteiger partial charge in [-0.15, -0.1) is 0 Å². The molecule has 0 unspecified atom stereocenters. The summed E-state index contributed by atoms with van der Waals surface area (Å²) in [5, 5.41) is 8.03. The number of hydrogen-bond donors (Lipinski definition) is 1. The van der Waals surface area contributed by atoms with Crippen molar-refractivity contribution in [3.63, 3.8) is 0 Å².